The monoisotopic (exact) mass is 321 g/mol. The molecule has 0 saturated heterocycles. The van der Waals surface area contributed by atoms with Gasteiger partial charge in [-0.2, -0.15) is 0 Å². The first kappa shape index (κ1) is 17.0. The fraction of sp³-hybridized carbons (Fsp3) is 0.500. The van der Waals surface area contributed by atoms with Gasteiger partial charge in [-0.1, -0.05) is 49.7 Å². The van der Waals surface area contributed by atoms with E-state index in [1.54, 1.807) is 0 Å². The van der Waals surface area contributed by atoms with Crippen LogP contribution in [-0.4, -0.2) is 23.7 Å². The molecule has 0 saturated carbocycles. The summed E-state index contributed by atoms with van der Waals surface area (Å²) in [6.45, 7) is 4.21. The van der Waals surface area contributed by atoms with Gasteiger partial charge in [-0.05, 0) is 37.0 Å². The minimum absolute atomic E-state index is 0.00873. The van der Waals surface area contributed by atoms with Gasteiger partial charge in [0.15, 0.2) is 0 Å². The number of hydrogen-bond acceptors (Lipinski definition) is 2. The van der Waals surface area contributed by atoms with Crippen molar-refractivity contribution in [3.05, 3.63) is 47.0 Å². The summed E-state index contributed by atoms with van der Waals surface area (Å²) in [7, 11) is 0. The molecule has 1 amide bonds. The highest BCUT2D eigenvalue weighted by Crippen LogP contribution is 2.33. The molecular formula is C18H24ClNO2. The zero-order valence-electron chi connectivity index (χ0n) is 13.2. The minimum Gasteiger partial charge on any atom is -0.396 e. The van der Waals surface area contributed by atoms with Crippen LogP contribution in [0.5, 0.6) is 0 Å². The maximum Gasteiger partial charge on any atom is 0.231 e. The summed E-state index contributed by atoms with van der Waals surface area (Å²) in [6.07, 6.45) is 6.20. The lowest BCUT2D eigenvalue weighted by Crippen LogP contribution is -2.47. The van der Waals surface area contributed by atoms with Gasteiger partial charge >= 0.3 is 0 Å². The molecule has 1 aromatic carbocycles. The zero-order valence-corrected chi connectivity index (χ0v) is 13.9. The van der Waals surface area contributed by atoms with Crippen molar-refractivity contribution in [2.75, 3.05) is 6.61 Å². The van der Waals surface area contributed by atoms with Gasteiger partial charge < -0.3 is 10.4 Å². The first-order chi connectivity index (χ1) is 10.6. The quantitative estimate of drug-likeness (QED) is 0.788. The molecule has 1 aromatic rings. The highest BCUT2D eigenvalue weighted by molar-refractivity contribution is 6.30. The lowest BCUT2D eigenvalue weighted by Gasteiger charge is -2.32. The summed E-state index contributed by atoms with van der Waals surface area (Å²) >= 11 is 5.96. The average Bonchev–Trinajstić information content (AvgIpc) is 2.98. The molecule has 0 bridgehead atoms. The normalized spacial score (nSPS) is 21.1. The highest BCUT2D eigenvalue weighted by atomic mass is 35.5. The topological polar surface area (TPSA) is 49.3 Å². The standard InChI is InChI=1S/C18H24ClNO2/c1-3-18(4-2,14-6-8-15(19)9-7-14)17(22)20-16-10-5-13(11-16)12-21/h5-10,13,16,21H,3-4,11-12H2,1-2H3,(H,20,22)/t13-,16+/m0/s1. The summed E-state index contributed by atoms with van der Waals surface area (Å²) in [4.78, 5) is 12.9. The van der Waals surface area contributed by atoms with E-state index in [-0.39, 0.29) is 24.5 Å². The summed E-state index contributed by atoms with van der Waals surface area (Å²) < 4.78 is 0. The molecule has 1 aliphatic carbocycles. The van der Waals surface area contributed by atoms with Crippen molar-refractivity contribution in [1.82, 2.24) is 5.32 Å². The van der Waals surface area contributed by atoms with Crippen molar-refractivity contribution in [1.29, 1.82) is 0 Å². The van der Waals surface area contributed by atoms with Crippen molar-refractivity contribution >= 4 is 17.5 Å². The highest BCUT2D eigenvalue weighted by Gasteiger charge is 2.38. The lowest BCUT2D eigenvalue weighted by atomic mass is 9.75. The van der Waals surface area contributed by atoms with Crippen molar-refractivity contribution < 1.29 is 9.90 Å². The van der Waals surface area contributed by atoms with E-state index in [0.717, 1.165) is 24.8 Å². The fourth-order valence-electron chi connectivity index (χ4n) is 3.20. The number of rotatable bonds is 6. The van der Waals surface area contributed by atoms with E-state index in [0.29, 0.717) is 5.02 Å². The number of carbonyl (C=O) groups excluding carboxylic acids is 1. The third kappa shape index (κ3) is 3.36. The van der Waals surface area contributed by atoms with Crippen LogP contribution in [0.15, 0.2) is 36.4 Å². The Labute approximate surface area is 137 Å². The van der Waals surface area contributed by atoms with Crippen LogP contribution in [0.3, 0.4) is 0 Å². The number of aliphatic hydroxyl groups is 1. The molecule has 2 rings (SSSR count). The van der Waals surface area contributed by atoms with Gasteiger partial charge in [0, 0.05) is 23.6 Å². The van der Waals surface area contributed by atoms with E-state index in [4.69, 9.17) is 11.6 Å². The van der Waals surface area contributed by atoms with Crippen LogP contribution in [0.25, 0.3) is 0 Å². The Morgan fingerprint density at radius 2 is 1.91 bits per heavy atom. The van der Waals surface area contributed by atoms with Crippen molar-refractivity contribution in [2.24, 2.45) is 5.92 Å². The van der Waals surface area contributed by atoms with Crippen LogP contribution in [0.1, 0.15) is 38.7 Å². The summed E-state index contributed by atoms with van der Waals surface area (Å²) in [5, 5.41) is 13.0. The molecule has 0 heterocycles. The number of halogens is 1. The Kier molecular flexibility index (Phi) is 5.65. The molecule has 22 heavy (non-hydrogen) atoms. The van der Waals surface area contributed by atoms with E-state index >= 15 is 0 Å². The Balaban J connectivity index is 2.18. The number of amides is 1. The third-order valence-electron chi connectivity index (χ3n) is 4.76. The molecule has 0 spiro atoms. The molecular weight excluding hydrogens is 298 g/mol. The maximum absolute atomic E-state index is 12.9. The lowest BCUT2D eigenvalue weighted by molar-refractivity contribution is -0.127. The predicted octanol–water partition coefficient (Wildman–Crippen LogP) is 3.45. The molecule has 1 aliphatic rings. The minimum atomic E-state index is -0.532. The fourth-order valence-corrected chi connectivity index (χ4v) is 3.33. The second kappa shape index (κ2) is 7.30. The Morgan fingerprint density at radius 1 is 1.27 bits per heavy atom. The van der Waals surface area contributed by atoms with Gasteiger partial charge in [0.2, 0.25) is 5.91 Å². The number of carbonyl (C=O) groups is 1. The van der Waals surface area contributed by atoms with E-state index < -0.39 is 5.41 Å². The zero-order chi connectivity index (χ0) is 16.2. The Bertz CT molecular complexity index is 535. The molecule has 0 aliphatic heterocycles. The van der Waals surface area contributed by atoms with E-state index in [9.17, 15) is 9.90 Å². The largest absolute Gasteiger partial charge is 0.396 e. The smallest absolute Gasteiger partial charge is 0.231 e. The van der Waals surface area contributed by atoms with E-state index in [1.165, 1.54) is 0 Å². The molecule has 2 N–H and O–H groups in total. The van der Waals surface area contributed by atoms with Gasteiger partial charge in [0.05, 0.1) is 5.41 Å². The molecule has 0 radical (unpaired) electrons. The van der Waals surface area contributed by atoms with Gasteiger partial charge in [0.1, 0.15) is 0 Å². The molecule has 120 valence electrons. The number of nitrogens with one attached hydrogen (secondary N) is 1. The maximum atomic E-state index is 12.9. The number of benzene rings is 1. The second-order valence-corrected chi connectivity index (χ2v) is 6.38. The van der Waals surface area contributed by atoms with E-state index in [2.05, 4.69) is 5.32 Å². The second-order valence-electron chi connectivity index (χ2n) is 5.94. The number of hydrogen-bond donors (Lipinski definition) is 2. The van der Waals surface area contributed by atoms with Crippen LogP contribution in [0, 0.1) is 5.92 Å². The van der Waals surface area contributed by atoms with Crippen LogP contribution in [0.4, 0.5) is 0 Å². The summed E-state index contributed by atoms with van der Waals surface area (Å²) in [5.41, 5.74) is 0.468. The molecule has 4 heteroatoms. The van der Waals surface area contributed by atoms with Gasteiger partial charge in [-0.15, -0.1) is 0 Å². The molecule has 0 aromatic heterocycles. The first-order valence-corrected chi connectivity index (χ1v) is 8.29. The van der Waals surface area contributed by atoms with E-state index in [1.807, 2.05) is 50.3 Å². The van der Waals surface area contributed by atoms with Crippen LogP contribution in [0.2, 0.25) is 5.02 Å². The van der Waals surface area contributed by atoms with Crippen molar-refractivity contribution in [3.63, 3.8) is 0 Å². The van der Waals surface area contributed by atoms with Crippen LogP contribution >= 0.6 is 11.6 Å². The van der Waals surface area contributed by atoms with Gasteiger partial charge in [-0.3, -0.25) is 4.79 Å². The van der Waals surface area contributed by atoms with Crippen LogP contribution in [-0.2, 0) is 10.2 Å². The van der Waals surface area contributed by atoms with Gasteiger partial charge in [0.25, 0.3) is 0 Å². The summed E-state index contributed by atoms with van der Waals surface area (Å²) in [5.74, 6) is 0.201. The predicted molar refractivity (Wildman–Crippen MR) is 90.0 cm³/mol. The Morgan fingerprint density at radius 3 is 2.41 bits per heavy atom. The summed E-state index contributed by atoms with van der Waals surface area (Å²) in [6, 6.07) is 7.56. The molecule has 2 atom stereocenters. The first-order valence-electron chi connectivity index (χ1n) is 7.92. The third-order valence-corrected chi connectivity index (χ3v) is 5.01. The molecule has 0 fully saturated rings. The van der Waals surface area contributed by atoms with Gasteiger partial charge in [-0.25, -0.2) is 0 Å². The Hall–Kier alpha value is -1.32. The van der Waals surface area contributed by atoms with Crippen LogP contribution < -0.4 is 5.32 Å². The molecule has 3 nitrogen and oxygen atoms in total. The van der Waals surface area contributed by atoms with Crippen molar-refractivity contribution in [2.45, 2.75) is 44.6 Å². The number of aliphatic hydroxyl groups excluding tert-OH is 1. The average molecular weight is 322 g/mol. The SMILES string of the molecule is CCC(CC)(C(=O)N[C@@H]1C=C[C@H](CO)C1)c1ccc(Cl)cc1. The van der Waals surface area contributed by atoms with Crippen molar-refractivity contribution in [3.8, 4) is 0 Å². The molecule has 0 unspecified atom stereocenters.